The first-order chi connectivity index (χ1) is 12.9. The molecule has 0 saturated heterocycles. The van der Waals surface area contributed by atoms with Crippen molar-refractivity contribution in [3.05, 3.63) is 81.1 Å². The van der Waals surface area contributed by atoms with Crippen molar-refractivity contribution in [2.75, 3.05) is 7.05 Å². The molecule has 0 bridgehead atoms. The van der Waals surface area contributed by atoms with E-state index in [-0.39, 0.29) is 5.91 Å². The molecule has 5 nitrogen and oxygen atoms in total. The van der Waals surface area contributed by atoms with E-state index in [0.29, 0.717) is 17.7 Å². The van der Waals surface area contributed by atoms with Crippen molar-refractivity contribution in [3.8, 4) is 11.8 Å². The summed E-state index contributed by atoms with van der Waals surface area (Å²) < 4.78 is 2.84. The second kappa shape index (κ2) is 7.77. The quantitative estimate of drug-likeness (QED) is 0.625. The Morgan fingerprint density at radius 1 is 1.22 bits per heavy atom. The summed E-state index contributed by atoms with van der Waals surface area (Å²) in [5.41, 5.74) is 4.97. The first-order valence-electron chi connectivity index (χ1n) is 8.47. The Labute approximate surface area is 167 Å². The zero-order chi connectivity index (χ0) is 19.6. The molecule has 3 aromatic rings. The summed E-state index contributed by atoms with van der Waals surface area (Å²) in [6.07, 6.45) is 0. The second-order valence-corrected chi connectivity index (χ2v) is 7.21. The highest BCUT2D eigenvalue weighted by molar-refractivity contribution is 9.10. The van der Waals surface area contributed by atoms with Crippen LogP contribution in [0.2, 0.25) is 0 Å². The van der Waals surface area contributed by atoms with Gasteiger partial charge in [-0.15, -0.1) is 0 Å². The molecule has 0 fully saturated rings. The molecular formula is C21H19BrN4O. The van der Waals surface area contributed by atoms with Crippen molar-refractivity contribution >= 4 is 21.8 Å². The van der Waals surface area contributed by atoms with Gasteiger partial charge in [-0.2, -0.15) is 10.4 Å². The molecule has 0 unspecified atom stereocenters. The number of hydrogen-bond acceptors (Lipinski definition) is 3. The lowest BCUT2D eigenvalue weighted by molar-refractivity contribution is 0.0785. The van der Waals surface area contributed by atoms with Crippen LogP contribution in [0.25, 0.3) is 5.69 Å². The molecule has 2 aromatic carbocycles. The Morgan fingerprint density at radius 3 is 2.52 bits per heavy atom. The third kappa shape index (κ3) is 3.93. The van der Waals surface area contributed by atoms with E-state index in [1.165, 1.54) is 0 Å². The lowest BCUT2D eigenvalue weighted by Gasteiger charge is -2.18. The van der Waals surface area contributed by atoms with Gasteiger partial charge in [0.05, 0.1) is 33.2 Å². The lowest BCUT2D eigenvalue weighted by atomic mass is 10.1. The van der Waals surface area contributed by atoms with Crippen LogP contribution in [0.4, 0.5) is 0 Å². The first-order valence-corrected chi connectivity index (χ1v) is 9.26. The predicted octanol–water partition coefficient (Wildman–Crippen LogP) is 4.40. The number of rotatable bonds is 4. The van der Waals surface area contributed by atoms with E-state index >= 15 is 0 Å². The number of nitrogens with zero attached hydrogens (tertiary/aromatic N) is 4. The molecule has 0 spiro atoms. The van der Waals surface area contributed by atoms with E-state index in [0.717, 1.165) is 27.1 Å². The SMILES string of the molecule is Cc1nn(-c2ccc(C(=O)N(C)Cc3cccc(C#N)c3)cc2)c(C)c1Br. The van der Waals surface area contributed by atoms with E-state index in [2.05, 4.69) is 27.1 Å². The fourth-order valence-corrected chi connectivity index (χ4v) is 3.17. The highest BCUT2D eigenvalue weighted by Crippen LogP contribution is 2.23. The van der Waals surface area contributed by atoms with Gasteiger partial charge in [-0.3, -0.25) is 4.79 Å². The average molecular weight is 423 g/mol. The number of carbonyl (C=O) groups is 1. The minimum Gasteiger partial charge on any atom is -0.337 e. The summed E-state index contributed by atoms with van der Waals surface area (Å²) in [4.78, 5) is 14.4. The van der Waals surface area contributed by atoms with E-state index in [9.17, 15) is 4.79 Å². The van der Waals surface area contributed by atoms with E-state index in [4.69, 9.17) is 5.26 Å². The average Bonchev–Trinajstić information content (AvgIpc) is 2.95. The molecule has 0 aliphatic heterocycles. The van der Waals surface area contributed by atoms with Crippen LogP contribution in [0.1, 0.15) is 32.9 Å². The number of aryl methyl sites for hydroxylation is 1. The molecule has 1 heterocycles. The maximum absolute atomic E-state index is 12.7. The van der Waals surface area contributed by atoms with Crippen molar-refractivity contribution in [1.82, 2.24) is 14.7 Å². The minimum absolute atomic E-state index is 0.0709. The van der Waals surface area contributed by atoms with Crippen molar-refractivity contribution in [2.45, 2.75) is 20.4 Å². The van der Waals surface area contributed by atoms with Gasteiger partial charge in [0.1, 0.15) is 0 Å². The van der Waals surface area contributed by atoms with Crippen molar-refractivity contribution in [2.24, 2.45) is 0 Å². The van der Waals surface area contributed by atoms with E-state index in [1.54, 1.807) is 24.1 Å². The van der Waals surface area contributed by atoms with Crippen molar-refractivity contribution in [3.63, 3.8) is 0 Å². The molecule has 0 N–H and O–H groups in total. The zero-order valence-electron chi connectivity index (χ0n) is 15.4. The van der Waals surface area contributed by atoms with Gasteiger partial charge in [0.15, 0.2) is 0 Å². The van der Waals surface area contributed by atoms with Gasteiger partial charge in [-0.25, -0.2) is 4.68 Å². The molecule has 0 radical (unpaired) electrons. The molecule has 27 heavy (non-hydrogen) atoms. The molecule has 0 aliphatic carbocycles. The Morgan fingerprint density at radius 2 is 1.93 bits per heavy atom. The van der Waals surface area contributed by atoms with Crippen LogP contribution in [-0.2, 0) is 6.54 Å². The van der Waals surface area contributed by atoms with Gasteiger partial charge in [0.25, 0.3) is 5.91 Å². The molecular weight excluding hydrogens is 404 g/mol. The van der Waals surface area contributed by atoms with Crippen LogP contribution in [0.3, 0.4) is 0 Å². The smallest absolute Gasteiger partial charge is 0.253 e. The van der Waals surface area contributed by atoms with Crippen molar-refractivity contribution < 1.29 is 4.79 Å². The van der Waals surface area contributed by atoms with E-state index in [1.807, 2.05) is 54.9 Å². The standard InChI is InChI=1S/C21H19BrN4O/c1-14-20(22)15(2)26(24-14)19-9-7-18(8-10-19)21(27)25(3)13-17-6-4-5-16(11-17)12-23/h4-11H,13H2,1-3H3. The molecule has 6 heteroatoms. The summed E-state index contributed by atoms with van der Waals surface area (Å²) in [5.74, 6) is -0.0709. The summed E-state index contributed by atoms with van der Waals surface area (Å²) in [7, 11) is 1.76. The normalized spacial score (nSPS) is 10.5. The zero-order valence-corrected chi connectivity index (χ0v) is 17.0. The van der Waals surface area contributed by atoms with Crippen LogP contribution in [0, 0.1) is 25.2 Å². The largest absolute Gasteiger partial charge is 0.337 e. The third-order valence-corrected chi connectivity index (χ3v) is 5.53. The second-order valence-electron chi connectivity index (χ2n) is 6.42. The van der Waals surface area contributed by atoms with Crippen LogP contribution < -0.4 is 0 Å². The predicted molar refractivity (Wildman–Crippen MR) is 108 cm³/mol. The van der Waals surface area contributed by atoms with Gasteiger partial charge >= 0.3 is 0 Å². The van der Waals surface area contributed by atoms with Gasteiger partial charge < -0.3 is 4.90 Å². The van der Waals surface area contributed by atoms with Crippen LogP contribution in [0.5, 0.6) is 0 Å². The maximum atomic E-state index is 12.7. The number of carbonyl (C=O) groups excluding carboxylic acids is 1. The summed E-state index contributed by atoms with van der Waals surface area (Å²) in [6.45, 7) is 4.38. The summed E-state index contributed by atoms with van der Waals surface area (Å²) in [5, 5.41) is 13.5. The van der Waals surface area contributed by atoms with Gasteiger partial charge in [-0.1, -0.05) is 12.1 Å². The van der Waals surface area contributed by atoms with Gasteiger partial charge in [-0.05, 0) is 71.7 Å². The monoisotopic (exact) mass is 422 g/mol. The third-order valence-electron chi connectivity index (χ3n) is 4.38. The number of hydrogen-bond donors (Lipinski definition) is 0. The topological polar surface area (TPSA) is 61.9 Å². The Balaban J connectivity index is 1.77. The molecule has 136 valence electrons. The van der Waals surface area contributed by atoms with Gasteiger partial charge in [0.2, 0.25) is 0 Å². The molecule has 3 rings (SSSR count). The Kier molecular flexibility index (Phi) is 5.43. The fraction of sp³-hybridized carbons (Fsp3) is 0.190. The number of nitriles is 1. The van der Waals surface area contributed by atoms with Crippen molar-refractivity contribution in [1.29, 1.82) is 5.26 Å². The maximum Gasteiger partial charge on any atom is 0.253 e. The highest BCUT2D eigenvalue weighted by Gasteiger charge is 2.14. The highest BCUT2D eigenvalue weighted by atomic mass is 79.9. The Bertz CT molecular complexity index is 1030. The van der Waals surface area contributed by atoms with Crippen LogP contribution in [-0.4, -0.2) is 27.6 Å². The summed E-state index contributed by atoms with van der Waals surface area (Å²) >= 11 is 3.53. The van der Waals surface area contributed by atoms with Crippen LogP contribution in [0.15, 0.2) is 53.0 Å². The molecule has 0 saturated carbocycles. The van der Waals surface area contributed by atoms with Gasteiger partial charge in [0, 0.05) is 19.2 Å². The lowest BCUT2D eigenvalue weighted by Crippen LogP contribution is -2.26. The fourth-order valence-electron chi connectivity index (χ4n) is 2.93. The molecule has 1 aromatic heterocycles. The molecule has 0 atom stereocenters. The molecule has 0 aliphatic rings. The number of halogens is 1. The minimum atomic E-state index is -0.0709. The number of amides is 1. The summed E-state index contributed by atoms with van der Waals surface area (Å²) in [6, 6.07) is 16.8. The van der Waals surface area contributed by atoms with E-state index < -0.39 is 0 Å². The van der Waals surface area contributed by atoms with Crippen LogP contribution >= 0.6 is 15.9 Å². The number of aromatic nitrogens is 2. The molecule has 1 amide bonds. The first kappa shape index (κ1) is 18.9. The Hall–Kier alpha value is -2.91. The number of benzene rings is 2.